The molecule has 1 aliphatic carbocycles. The predicted molar refractivity (Wildman–Crippen MR) is 71.7 cm³/mol. The first-order valence-corrected chi connectivity index (χ1v) is 5.95. The predicted octanol–water partition coefficient (Wildman–Crippen LogP) is 3.54. The molecule has 2 heteroatoms. The van der Waals surface area contributed by atoms with Crippen LogP contribution in [0.4, 0.5) is 0 Å². The van der Waals surface area contributed by atoms with E-state index in [1.165, 1.54) is 0 Å². The molecule has 1 aliphatic rings. The van der Waals surface area contributed by atoms with Crippen LogP contribution in [0.25, 0.3) is 11.1 Å². The van der Waals surface area contributed by atoms with E-state index in [1.807, 2.05) is 42.5 Å². The van der Waals surface area contributed by atoms with Gasteiger partial charge in [0.25, 0.3) is 0 Å². The highest BCUT2D eigenvalue weighted by atomic mass is 14.5. The average Bonchev–Trinajstić information content (AvgIpc) is 2.52. The third-order valence-corrected chi connectivity index (χ3v) is 3.44. The van der Waals surface area contributed by atoms with E-state index in [2.05, 4.69) is 12.1 Å². The summed E-state index contributed by atoms with van der Waals surface area (Å²) < 4.78 is 0. The number of nitrogens with one attached hydrogen (secondary N) is 1. The van der Waals surface area contributed by atoms with Gasteiger partial charge in [-0.25, -0.2) is 0 Å². The van der Waals surface area contributed by atoms with Crippen molar-refractivity contribution < 1.29 is 0 Å². The molecule has 3 rings (SSSR count). The van der Waals surface area contributed by atoms with Gasteiger partial charge in [-0.2, -0.15) is 5.26 Å². The Morgan fingerprint density at radius 2 is 1.67 bits per heavy atom. The van der Waals surface area contributed by atoms with Crippen molar-refractivity contribution in [3.8, 4) is 17.2 Å². The van der Waals surface area contributed by atoms with Crippen LogP contribution in [0.3, 0.4) is 0 Å². The summed E-state index contributed by atoms with van der Waals surface area (Å²) in [5.74, 6) is -0.423. The second-order valence-corrected chi connectivity index (χ2v) is 4.51. The Bertz CT molecular complexity index is 665. The van der Waals surface area contributed by atoms with E-state index < -0.39 is 5.92 Å². The van der Waals surface area contributed by atoms with Crippen molar-refractivity contribution in [3.05, 3.63) is 59.7 Å². The summed E-state index contributed by atoms with van der Waals surface area (Å²) in [5, 5.41) is 17.4. The Balaban J connectivity index is 2.34. The molecule has 1 N–H and O–H groups in total. The Kier molecular flexibility index (Phi) is 2.46. The van der Waals surface area contributed by atoms with Gasteiger partial charge in [-0.15, -0.1) is 0 Å². The van der Waals surface area contributed by atoms with Gasteiger partial charge in [0.05, 0.1) is 6.07 Å². The summed E-state index contributed by atoms with van der Waals surface area (Å²) >= 11 is 0. The van der Waals surface area contributed by atoms with Crippen molar-refractivity contribution >= 4 is 5.71 Å². The molecule has 0 bridgehead atoms. The number of hydrogen-bond donors (Lipinski definition) is 1. The second-order valence-electron chi connectivity index (χ2n) is 4.51. The van der Waals surface area contributed by atoms with Gasteiger partial charge in [-0.05, 0) is 22.3 Å². The molecule has 0 spiro atoms. The lowest BCUT2D eigenvalue weighted by Gasteiger charge is -2.10. The normalized spacial score (nSPS) is 17.3. The highest BCUT2D eigenvalue weighted by Crippen LogP contribution is 2.36. The van der Waals surface area contributed by atoms with Gasteiger partial charge in [0.15, 0.2) is 0 Å². The minimum absolute atomic E-state index is 0.423. The molecule has 0 amide bonds. The minimum Gasteiger partial charge on any atom is -0.308 e. The van der Waals surface area contributed by atoms with Crippen molar-refractivity contribution in [1.82, 2.24) is 0 Å². The molecule has 2 nitrogen and oxygen atoms in total. The summed E-state index contributed by atoms with van der Waals surface area (Å²) in [6, 6.07) is 18.3. The van der Waals surface area contributed by atoms with Crippen LogP contribution in [0.1, 0.15) is 17.0 Å². The summed E-state index contributed by atoms with van der Waals surface area (Å²) in [7, 11) is 0. The number of nitriles is 1. The average molecular weight is 232 g/mol. The molecule has 0 fully saturated rings. The fraction of sp³-hybridized carbons (Fsp3) is 0.125. The highest BCUT2D eigenvalue weighted by molar-refractivity contribution is 5.97. The number of hydrogen-bond acceptors (Lipinski definition) is 2. The Morgan fingerprint density at radius 1 is 1.00 bits per heavy atom. The minimum atomic E-state index is -0.423. The lowest BCUT2D eigenvalue weighted by atomic mass is 9.91. The lowest BCUT2D eigenvalue weighted by Crippen LogP contribution is -2.10. The zero-order chi connectivity index (χ0) is 12.5. The molecule has 1 atom stereocenters. The van der Waals surface area contributed by atoms with Crippen LogP contribution in [-0.4, -0.2) is 5.71 Å². The molecule has 0 heterocycles. The second kappa shape index (κ2) is 4.12. The Hall–Kier alpha value is -2.40. The van der Waals surface area contributed by atoms with Gasteiger partial charge < -0.3 is 5.41 Å². The summed E-state index contributed by atoms with van der Waals surface area (Å²) in [5.41, 5.74) is 4.80. The van der Waals surface area contributed by atoms with Gasteiger partial charge in [-0.1, -0.05) is 48.5 Å². The largest absolute Gasteiger partial charge is 0.308 e. The molecule has 86 valence electrons. The van der Waals surface area contributed by atoms with Crippen LogP contribution in [0.5, 0.6) is 0 Å². The fourth-order valence-corrected chi connectivity index (χ4v) is 2.57. The highest BCUT2D eigenvalue weighted by Gasteiger charge is 2.25. The molecule has 2 aromatic rings. The molecule has 0 saturated heterocycles. The quantitative estimate of drug-likeness (QED) is 0.742. The van der Waals surface area contributed by atoms with Crippen LogP contribution >= 0.6 is 0 Å². The van der Waals surface area contributed by atoms with Crippen LogP contribution in [-0.2, 0) is 6.42 Å². The molecular weight excluding hydrogens is 220 g/mol. The maximum absolute atomic E-state index is 9.32. The number of fused-ring (bicyclic) bond motifs is 3. The zero-order valence-electron chi connectivity index (χ0n) is 9.85. The first-order chi connectivity index (χ1) is 8.81. The van der Waals surface area contributed by atoms with E-state index in [1.54, 1.807) is 0 Å². The van der Waals surface area contributed by atoms with Crippen LogP contribution in [0, 0.1) is 16.7 Å². The monoisotopic (exact) mass is 232 g/mol. The smallest absolute Gasteiger partial charge is 0.110 e. The van der Waals surface area contributed by atoms with E-state index in [9.17, 15) is 5.26 Å². The molecule has 0 aromatic heterocycles. The zero-order valence-corrected chi connectivity index (χ0v) is 9.85. The topological polar surface area (TPSA) is 47.6 Å². The first-order valence-electron chi connectivity index (χ1n) is 5.95. The van der Waals surface area contributed by atoms with E-state index in [-0.39, 0.29) is 0 Å². The van der Waals surface area contributed by atoms with Gasteiger partial charge in [0.2, 0.25) is 0 Å². The lowest BCUT2D eigenvalue weighted by molar-refractivity contribution is 1.09. The summed E-state index contributed by atoms with van der Waals surface area (Å²) in [6.07, 6.45) is 0.559. The van der Waals surface area contributed by atoms with Crippen molar-refractivity contribution in [2.24, 2.45) is 0 Å². The van der Waals surface area contributed by atoms with E-state index in [0.717, 1.165) is 22.3 Å². The maximum atomic E-state index is 9.32. The Labute approximate surface area is 106 Å². The molecule has 2 aromatic carbocycles. The van der Waals surface area contributed by atoms with Crippen LogP contribution in [0.2, 0.25) is 0 Å². The number of nitrogens with zero attached hydrogens (tertiary/aromatic N) is 1. The third-order valence-electron chi connectivity index (χ3n) is 3.44. The molecule has 0 radical (unpaired) electrons. The number of benzene rings is 2. The molecule has 0 saturated carbocycles. The first kappa shape index (κ1) is 10.7. The van der Waals surface area contributed by atoms with Crippen molar-refractivity contribution in [2.45, 2.75) is 12.3 Å². The van der Waals surface area contributed by atoms with Crippen molar-refractivity contribution in [2.75, 3.05) is 0 Å². The van der Waals surface area contributed by atoms with E-state index >= 15 is 0 Å². The van der Waals surface area contributed by atoms with Crippen LogP contribution in [0.15, 0.2) is 48.5 Å². The SMILES string of the molecule is N#C[C@H]1C(=N)Cc2ccccc2-c2ccccc21. The van der Waals surface area contributed by atoms with Gasteiger partial charge in [0, 0.05) is 12.1 Å². The Morgan fingerprint density at radius 3 is 2.44 bits per heavy atom. The van der Waals surface area contributed by atoms with Gasteiger partial charge >= 0.3 is 0 Å². The molecule has 18 heavy (non-hydrogen) atoms. The van der Waals surface area contributed by atoms with E-state index in [4.69, 9.17) is 5.41 Å². The van der Waals surface area contributed by atoms with Gasteiger partial charge in [-0.3, -0.25) is 0 Å². The maximum Gasteiger partial charge on any atom is 0.110 e. The number of rotatable bonds is 0. The fourth-order valence-electron chi connectivity index (χ4n) is 2.57. The van der Waals surface area contributed by atoms with Gasteiger partial charge in [0.1, 0.15) is 5.92 Å². The van der Waals surface area contributed by atoms with Crippen molar-refractivity contribution in [1.29, 1.82) is 10.7 Å². The summed E-state index contributed by atoms with van der Waals surface area (Å²) in [6.45, 7) is 0. The third kappa shape index (κ3) is 1.53. The summed E-state index contributed by atoms with van der Waals surface area (Å²) in [4.78, 5) is 0. The standard InChI is InChI=1S/C16H12N2/c17-10-15-14-8-4-3-7-13(14)12-6-2-1-5-11(12)9-16(15)18/h1-8,15,18H,9H2/t15-/m1/s1. The molecule has 0 aliphatic heterocycles. The molecule has 0 unspecified atom stereocenters. The molecular formula is C16H12N2. The van der Waals surface area contributed by atoms with Crippen molar-refractivity contribution in [3.63, 3.8) is 0 Å². The van der Waals surface area contributed by atoms with Crippen LogP contribution < -0.4 is 0 Å². The van der Waals surface area contributed by atoms with E-state index in [0.29, 0.717) is 12.1 Å².